The quantitative estimate of drug-likeness (QED) is 0.650. The van der Waals surface area contributed by atoms with Gasteiger partial charge in [0, 0.05) is 0 Å². The fourth-order valence-electron chi connectivity index (χ4n) is 0.975. The zero-order valence-corrected chi connectivity index (χ0v) is 11.7. The maximum Gasteiger partial charge on any atom is 0.399 e. The molecule has 1 amide bonds. The van der Waals surface area contributed by atoms with Gasteiger partial charge in [-0.05, 0) is 34.6 Å². The van der Waals surface area contributed by atoms with Crippen LogP contribution < -0.4 is 4.98 Å². The van der Waals surface area contributed by atoms with E-state index in [1.165, 1.54) is 13.8 Å². The molecule has 0 aliphatic rings. The molecular weight excluding hydrogens is 242 g/mol. The van der Waals surface area contributed by atoms with Crippen LogP contribution in [0, 0.1) is 0 Å². The topological polar surface area (TPSA) is 95.9 Å². The van der Waals surface area contributed by atoms with Crippen LogP contribution in [0.2, 0.25) is 5.54 Å². The fraction of sp³-hybridized carbons (Fsp3) is 0.800. The number of rotatable bonds is 4. The fourth-order valence-corrected chi connectivity index (χ4v) is 1.77. The summed E-state index contributed by atoms with van der Waals surface area (Å²) in [6.07, 6.45) is -0.689. The second-order valence-corrected chi connectivity index (χ2v) is 6.31. The Balaban J connectivity index is 4.34. The third-order valence-corrected chi connectivity index (χ3v) is 3.26. The minimum Gasteiger partial charge on any atom is -0.481 e. The molecule has 0 heterocycles. The molecule has 0 aromatic heterocycles. The summed E-state index contributed by atoms with van der Waals surface area (Å²) in [6, 6.07) is 0. The Labute approximate surface area is 103 Å². The first-order valence-corrected chi connectivity index (χ1v) is 6.21. The standard InChI is InChI=1S/C10H19NO5Si/c1-9(2,3)16-8(14)11-17-6(7(12)13)10(4,5)15/h6,15H,1-5H3,(H,11,14)(H,12,13)/t6-/m1/s1. The van der Waals surface area contributed by atoms with Crippen LogP contribution in [0.15, 0.2) is 0 Å². The molecule has 98 valence electrons. The number of carbonyl (C=O) groups excluding carboxylic acids is 1. The lowest BCUT2D eigenvalue weighted by molar-refractivity contribution is -0.141. The number of nitrogens with one attached hydrogen (secondary N) is 1. The first-order valence-electron chi connectivity index (χ1n) is 5.13. The summed E-state index contributed by atoms with van der Waals surface area (Å²) in [5, 5.41) is 18.5. The van der Waals surface area contributed by atoms with Crippen LogP contribution in [0.25, 0.3) is 0 Å². The van der Waals surface area contributed by atoms with Crippen LogP contribution in [0.5, 0.6) is 0 Å². The van der Waals surface area contributed by atoms with Crippen molar-refractivity contribution in [2.24, 2.45) is 0 Å². The summed E-state index contributed by atoms with van der Waals surface area (Å²) in [5.41, 5.74) is -3.10. The summed E-state index contributed by atoms with van der Waals surface area (Å²) in [4.78, 5) is 24.6. The highest BCUT2D eigenvalue weighted by molar-refractivity contribution is 6.44. The van der Waals surface area contributed by atoms with Crippen molar-refractivity contribution in [3.05, 3.63) is 0 Å². The minimum absolute atomic E-state index is 0.453. The van der Waals surface area contributed by atoms with Crippen LogP contribution in [-0.2, 0) is 9.53 Å². The molecule has 3 N–H and O–H groups in total. The van der Waals surface area contributed by atoms with E-state index in [2.05, 4.69) is 4.98 Å². The number of hydrogen-bond donors (Lipinski definition) is 3. The Bertz CT molecular complexity index is 292. The van der Waals surface area contributed by atoms with Crippen molar-refractivity contribution < 1.29 is 24.5 Å². The van der Waals surface area contributed by atoms with Crippen LogP contribution in [0.4, 0.5) is 4.79 Å². The second kappa shape index (κ2) is 5.50. The molecule has 0 saturated heterocycles. The molecule has 0 bridgehead atoms. The van der Waals surface area contributed by atoms with Gasteiger partial charge in [-0.3, -0.25) is 4.79 Å². The number of aliphatic hydroxyl groups is 1. The molecule has 0 aliphatic heterocycles. The number of carboxylic acids is 1. The lowest BCUT2D eigenvalue weighted by Crippen LogP contribution is -2.44. The first-order chi connectivity index (χ1) is 7.43. The Hall–Kier alpha value is -1.08. The number of carbonyl (C=O) groups is 2. The van der Waals surface area contributed by atoms with Gasteiger partial charge in [-0.1, -0.05) is 0 Å². The maximum atomic E-state index is 11.3. The number of ether oxygens (including phenoxy) is 1. The molecule has 17 heavy (non-hydrogen) atoms. The summed E-state index contributed by atoms with van der Waals surface area (Å²) >= 11 is 0. The molecule has 1 atom stereocenters. The molecule has 0 aromatic rings. The molecule has 0 rings (SSSR count). The van der Waals surface area contributed by atoms with Crippen molar-refractivity contribution in [2.75, 3.05) is 0 Å². The number of hydrogen-bond acceptors (Lipinski definition) is 4. The lowest BCUT2D eigenvalue weighted by Gasteiger charge is -2.25. The molecule has 6 nitrogen and oxygen atoms in total. The normalized spacial score (nSPS) is 14.0. The molecule has 0 fully saturated rings. The van der Waals surface area contributed by atoms with Crippen molar-refractivity contribution in [3.63, 3.8) is 0 Å². The van der Waals surface area contributed by atoms with Gasteiger partial charge < -0.3 is 19.9 Å². The van der Waals surface area contributed by atoms with Crippen molar-refractivity contribution >= 4 is 21.7 Å². The maximum absolute atomic E-state index is 11.3. The van der Waals surface area contributed by atoms with E-state index in [4.69, 9.17) is 9.84 Å². The van der Waals surface area contributed by atoms with Gasteiger partial charge in [-0.2, -0.15) is 0 Å². The molecule has 0 saturated carbocycles. The Morgan fingerprint density at radius 2 is 1.71 bits per heavy atom. The molecule has 7 heteroatoms. The van der Waals surface area contributed by atoms with Gasteiger partial charge in [0.25, 0.3) is 0 Å². The zero-order chi connectivity index (χ0) is 13.9. The first kappa shape index (κ1) is 15.9. The monoisotopic (exact) mass is 261 g/mol. The summed E-state index contributed by atoms with van der Waals surface area (Å²) in [7, 11) is -0.453. The molecule has 0 unspecified atom stereocenters. The summed E-state index contributed by atoms with van der Waals surface area (Å²) in [5.74, 6) is -1.16. The lowest BCUT2D eigenvalue weighted by atomic mass is 10.1. The smallest absolute Gasteiger partial charge is 0.399 e. The molecule has 2 radical (unpaired) electrons. The van der Waals surface area contributed by atoms with E-state index in [1.54, 1.807) is 20.8 Å². The van der Waals surface area contributed by atoms with Gasteiger partial charge in [0.15, 0.2) is 0 Å². The average molecular weight is 261 g/mol. The summed E-state index contributed by atoms with van der Waals surface area (Å²) in [6.45, 7) is 7.90. The average Bonchev–Trinajstić information content (AvgIpc) is 1.96. The van der Waals surface area contributed by atoms with E-state index in [-0.39, 0.29) is 0 Å². The zero-order valence-electron chi connectivity index (χ0n) is 10.7. The minimum atomic E-state index is -1.40. The molecule has 0 aromatic carbocycles. The third kappa shape index (κ3) is 6.95. The third-order valence-electron chi connectivity index (χ3n) is 1.67. The highest BCUT2D eigenvalue weighted by atomic mass is 28.2. The predicted octanol–water partition coefficient (Wildman–Crippen LogP) is 0.774. The molecular formula is C10H19NO5Si. The van der Waals surface area contributed by atoms with Crippen molar-refractivity contribution in [1.29, 1.82) is 0 Å². The van der Waals surface area contributed by atoms with Gasteiger partial charge in [-0.15, -0.1) is 0 Å². The van der Waals surface area contributed by atoms with Crippen LogP contribution in [0.1, 0.15) is 34.6 Å². The summed E-state index contributed by atoms with van der Waals surface area (Å²) < 4.78 is 4.96. The van der Waals surface area contributed by atoms with Crippen molar-refractivity contribution in [1.82, 2.24) is 4.98 Å². The van der Waals surface area contributed by atoms with Gasteiger partial charge >= 0.3 is 12.1 Å². The van der Waals surface area contributed by atoms with E-state index in [9.17, 15) is 14.7 Å². The highest BCUT2D eigenvalue weighted by Crippen LogP contribution is 2.20. The Kier molecular flexibility index (Phi) is 5.15. The van der Waals surface area contributed by atoms with Gasteiger partial charge in [0.2, 0.25) is 9.68 Å². The van der Waals surface area contributed by atoms with E-state index >= 15 is 0 Å². The van der Waals surface area contributed by atoms with Crippen LogP contribution >= 0.6 is 0 Å². The molecule has 0 spiro atoms. The van der Waals surface area contributed by atoms with Gasteiger partial charge in [0.05, 0.1) is 11.1 Å². The van der Waals surface area contributed by atoms with E-state index in [1.807, 2.05) is 0 Å². The SMILES string of the molecule is CC(C)(C)OC(=O)N[Si][C@H](C(=O)O)C(C)(C)O. The Morgan fingerprint density at radius 1 is 1.24 bits per heavy atom. The number of amides is 1. The van der Waals surface area contributed by atoms with E-state index < -0.39 is 38.5 Å². The van der Waals surface area contributed by atoms with Crippen molar-refractivity contribution in [3.8, 4) is 0 Å². The molecule has 0 aliphatic carbocycles. The van der Waals surface area contributed by atoms with Crippen LogP contribution in [0.3, 0.4) is 0 Å². The van der Waals surface area contributed by atoms with Gasteiger partial charge in [-0.25, -0.2) is 4.79 Å². The van der Waals surface area contributed by atoms with Crippen LogP contribution in [-0.4, -0.2) is 43.2 Å². The largest absolute Gasteiger partial charge is 0.481 e. The van der Waals surface area contributed by atoms with Crippen molar-refractivity contribution in [2.45, 2.75) is 51.4 Å². The Morgan fingerprint density at radius 3 is 2.00 bits per heavy atom. The number of carboxylic acid groups (broad SMARTS) is 1. The highest BCUT2D eigenvalue weighted by Gasteiger charge is 2.35. The van der Waals surface area contributed by atoms with E-state index in [0.717, 1.165) is 0 Å². The predicted molar refractivity (Wildman–Crippen MR) is 62.8 cm³/mol. The second-order valence-electron chi connectivity index (χ2n) is 5.20. The van der Waals surface area contributed by atoms with Gasteiger partial charge in [0.1, 0.15) is 5.60 Å². The van der Waals surface area contributed by atoms with E-state index in [0.29, 0.717) is 0 Å². The number of aliphatic carboxylic acids is 1.